The van der Waals surface area contributed by atoms with Crippen molar-refractivity contribution in [2.75, 3.05) is 5.73 Å². The van der Waals surface area contributed by atoms with Gasteiger partial charge in [0.1, 0.15) is 5.69 Å². The third-order valence-corrected chi connectivity index (χ3v) is 3.47. The molecule has 2 heterocycles. The smallest absolute Gasteiger partial charge is 0.116 e. The van der Waals surface area contributed by atoms with Gasteiger partial charge in [-0.3, -0.25) is 4.98 Å². The van der Waals surface area contributed by atoms with Crippen LogP contribution >= 0.6 is 15.9 Å². The Kier molecular flexibility index (Phi) is 3.05. The maximum atomic E-state index is 6.04. The van der Waals surface area contributed by atoms with Crippen LogP contribution in [-0.2, 0) is 0 Å². The first-order valence-electron chi connectivity index (χ1n) is 5.76. The van der Waals surface area contributed by atoms with E-state index in [1.54, 1.807) is 17.1 Å². The number of hydrogen-bond donors (Lipinski definition) is 1. The van der Waals surface area contributed by atoms with Gasteiger partial charge in [-0.15, -0.1) is 0 Å². The highest BCUT2D eigenvalue weighted by Crippen LogP contribution is 2.27. The van der Waals surface area contributed by atoms with Gasteiger partial charge in [-0.05, 0) is 40.2 Å². The first kappa shape index (κ1) is 11.9. The zero-order valence-electron chi connectivity index (χ0n) is 9.99. The molecule has 0 saturated heterocycles. The average molecular weight is 315 g/mol. The molecule has 0 bridgehead atoms. The summed E-state index contributed by atoms with van der Waals surface area (Å²) in [4.78, 5) is 4.00. The summed E-state index contributed by atoms with van der Waals surface area (Å²) in [5, 5.41) is 4.54. The van der Waals surface area contributed by atoms with Crippen molar-refractivity contribution in [2.24, 2.45) is 0 Å². The van der Waals surface area contributed by atoms with Crippen molar-refractivity contribution in [3.05, 3.63) is 59.5 Å². The maximum Gasteiger partial charge on any atom is 0.116 e. The summed E-state index contributed by atoms with van der Waals surface area (Å²) in [6.07, 6.45) is 5.27. The van der Waals surface area contributed by atoms with E-state index in [0.717, 1.165) is 21.4 Å². The molecular weight excluding hydrogens is 304 g/mol. The summed E-state index contributed by atoms with van der Waals surface area (Å²) in [6.45, 7) is 0. The molecule has 4 nitrogen and oxygen atoms in total. The normalized spacial score (nSPS) is 10.6. The molecule has 0 atom stereocenters. The Hall–Kier alpha value is -2.14. The summed E-state index contributed by atoms with van der Waals surface area (Å²) >= 11 is 3.51. The lowest BCUT2D eigenvalue weighted by Gasteiger charge is -2.03. The van der Waals surface area contributed by atoms with Crippen LogP contribution in [-0.4, -0.2) is 14.8 Å². The van der Waals surface area contributed by atoms with Gasteiger partial charge in [-0.2, -0.15) is 5.10 Å². The second kappa shape index (κ2) is 4.85. The molecule has 0 radical (unpaired) electrons. The van der Waals surface area contributed by atoms with Crippen LogP contribution in [0.25, 0.3) is 16.9 Å². The van der Waals surface area contributed by atoms with Gasteiger partial charge >= 0.3 is 0 Å². The number of para-hydroxylation sites is 1. The SMILES string of the molecule is Nc1cn(-c2ccccc2Br)nc1-c1ccncc1. The van der Waals surface area contributed by atoms with E-state index >= 15 is 0 Å². The fourth-order valence-corrected chi connectivity index (χ4v) is 2.35. The number of pyridine rings is 1. The molecule has 0 aliphatic carbocycles. The second-order valence-electron chi connectivity index (χ2n) is 4.06. The van der Waals surface area contributed by atoms with Crippen LogP contribution in [0.1, 0.15) is 0 Å². The van der Waals surface area contributed by atoms with Crippen molar-refractivity contribution in [3.63, 3.8) is 0 Å². The number of rotatable bonds is 2. The standard InChI is InChI=1S/C14H11BrN4/c15-11-3-1-2-4-13(11)19-9-12(16)14(18-19)10-5-7-17-8-6-10/h1-9H,16H2. The van der Waals surface area contributed by atoms with Crippen molar-refractivity contribution in [2.45, 2.75) is 0 Å². The Bertz CT molecular complexity index is 706. The molecule has 0 saturated carbocycles. The maximum absolute atomic E-state index is 6.04. The first-order valence-corrected chi connectivity index (χ1v) is 6.55. The van der Waals surface area contributed by atoms with Gasteiger partial charge in [-0.25, -0.2) is 4.68 Å². The molecule has 5 heteroatoms. The summed E-state index contributed by atoms with van der Waals surface area (Å²) in [5.41, 5.74) is 9.35. The van der Waals surface area contributed by atoms with Crippen LogP contribution in [0.4, 0.5) is 5.69 Å². The molecule has 0 aliphatic rings. The second-order valence-corrected chi connectivity index (χ2v) is 4.92. The molecular formula is C14H11BrN4. The molecule has 3 rings (SSSR count). The Balaban J connectivity index is 2.10. The Morgan fingerprint density at radius 2 is 1.79 bits per heavy atom. The molecule has 1 aromatic carbocycles. The molecule has 0 amide bonds. The van der Waals surface area contributed by atoms with E-state index in [2.05, 4.69) is 26.0 Å². The van der Waals surface area contributed by atoms with Crippen molar-refractivity contribution >= 4 is 21.6 Å². The van der Waals surface area contributed by atoms with E-state index < -0.39 is 0 Å². The van der Waals surface area contributed by atoms with Crippen molar-refractivity contribution in [1.82, 2.24) is 14.8 Å². The van der Waals surface area contributed by atoms with Crippen LogP contribution in [0, 0.1) is 0 Å². The third-order valence-electron chi connectivity index (χ3n) is 2.80. The quantitative estimate of drug-likeness (QED) is 0.789. The molecule has 0 fully saturated rings. The Morgan fingerprint density at radius 1 is 1.05 bits per heavy atom. The summed E-state index contributed by atoms with van der Waals surface area (Å²) < 4.78 is 2.74. The fraction of sp³-hybridized carbons (Fsp3) is 0. The lowest BCUT2D eigenvalue weighted by Crippen LogP contribution is -1.95. The molecule has 0 unspecified atom stereocenters. The topological polar surface area (TPSA) is 56.7 Å². The van der Waals surface area contributed by atoms with Crippen molar-refractivity contribution in [3.8, 4) is 16.9 Å². The third kappa shape index (κ3) is 2.24. The number of benzene rings is 1. The van der Waals surface area contributed by atoms with E-state index in [1.165, 1.54) is 0 Å². The minimum atomic E-state index is 0.641. The van der Waals surface area contributed by atoms with Crippen LogP contribution < -0.4 is 5.73 Å². The predicted molar refractivity (Wildman–Crippen MR) is 78.9 cm³/mol. The fourth-order valence-electron chi connectivity index (χ4n) is 1.88. The van der Waals surface area contributed by atoms with Gasteiger partial charge < -0.3 is 5.73 Å². The largest absolute Gasteiger partial charge is 0.396 e. The minimum Gasteiger partial charge on any atom is -0.396 e. The lowest BCUT2D eigenvalue weighted by atomic mass is 10.2. The first-order chi connectivity index (χ1) is 9.25. The van der Waals surface area contributed by atoms with Crippen LogP contribution in [0.15, 0.2) is 59.5 Å². The number of anilines is 1. The van der Waals surface area contributed by atoms with Crippen molar-refractivity contribution < 1.29 is 0 Å². The van der Waals surface area contributed by atoms with E-state index in [9.17, 15) is 0 Å². The van der Waals surface area contributed by atoms with Crippen LogP contribution in [0.3, 0.4) is 0 Å². The molecule has 94 valence electrons. The molecule has 3 aromatic rings. The van der Waals surface area contributed by atoms with Gasteiger partial charge in [0.05, 0.1) is 17.6 Å². The minimum absolute atomic E-state index is 0.641. The van der Waals surface area contributed by atoms with E-state index in [-0.39, 0.29) is 0 Å². The highest BCUT2D eigenvalue weighted by molar-refractivity contribution is 9.10. The van der Waals surface area contributed by atoms with Gasteiger partial charge in [0.2, 0.25) is 0 Å². The number of nitrogens with two attached hydrogens (primary N) is 1. The number of nitrogen functional groups attached to an aromatic ring is 1. The Labute approximate surface area is 119 Å². The number of nitrogens with zero attached hydrogens (tertiary/aromatic N) is 3. The summed E-state index contributed by atoms with van der Waals surface area (Å²) in [5.74, 6) is 0. The van der Waals surface area contributed by atoms with Crippen molar-refractivity contribution in [1.29, 1.82) is 0 Å². The Morgan fingerprint density at radius 3 is 2.53 bits per heavy atom. The van der Waals surface area contributed by atoms with E-state index in [4.69, 9.17) is 5.73 Å². The molecule has 2 N–H and O–H groups in total. The van der Waals surface area contributed by atoms with E-state index in [1.807, 2.05) is 42.6 Å². The summed E-state index contributed by atoms with van der Waals surface area (Å²) in [6, 6.07) is 11.7. The number of halogens is 1. The summed E-state index contributed by atoms with van der Waals surface area (Å²) in [7, 11) is 0. The van der Waals surface area contributed by atoms with Gasteiger partial charge in [-0.1, -0.05) is 12.1 Å². The predicted octanol–water partition coefficient (Wildman–Crippen LogP) is 3.28. The molecule has 2 aromatic heterocycles. The number of aromatic nitrogens is 3. The zero-order valence-corrected chi connectivity index (χ0v) is 11.6. The highest BCUT2D eigenvalue weighted by Gasteiger charge is 2.10. The molecule has 0 aliphatic heterocycles. The van der Waals surface area contributed by atoms with Gasteiger partial charge in [0.25, 0.3) is 0 Å². The van der Waals surface area contributed by atoms with Gasteiger partial charge in [0, 0.05) is 22.4 Å². The molecule has 0 spiro atoms. The lowest BCUT2D eigenvalue weighted by molar-refractivity contribution is 0.880. The zero-order chi connectivity index (χ0) is 13.2. The monoisotopic (exact) mass is 314 g/mol. The van der Waals surface area contributed by atoms with Gasteiger partial charge in [0.15, 0.2) is 0 Å². The van der Waals surface area contributed by atoms with Crippen LogP contribution in [0.2, 0.25) is 0 Å². The molecule has 19 heavy (non-hydrogen) atoms. The highest BCUT2D eigenvalue weighted by atomic mass is 79.9. The van der Waals surface area contributed by atoms with Crippen LogP contribution in [0.5, 0.6) is 0 Å². The number of hydrogen-bond acceptors (Lipinski definition) is 3. The van der Waals surface area contributed by atoms with E-state index in [0.29, 0.717) is 5.69 Å². The average Bonchev–Trinajstić information content (AvgIpc) is 2.82.